The lowest BCUT2D eigenvalue weighted by atomic mass is 10.0. The van der Waals surface area contributed by atoms with Crippen LogP contribution >= 0.6 is 0 Å². The molecule has 1 N–H and O–H groups in total. The van der Waals surface area contributed by atoms with Crippen LogP contribution in [0.25, 0.3) is 0 Å². The normalized spacial score (nSPS) is 10.7. The van der Waals surface area contributed by atoms with Crippen molar-refractivity contribution < 1.29 is 19.1 Å². The molecule has 39 heavy (non-hydrogen) atoms. The van der Waals surface area contributed by atoms with E-state index in [0.29, 0.717) is 41.3 Å². The maximum absolute atomic E-state index is 13.2. The fraction of sp³-hybridized carbons (Fsp3) is 0.323. The van der Waals surface area contributed by atoms with Gasteiger partial charge in [0.1, 0.15) is 11.5 Å². The first kappa shape index (κ1) is 29.4. The minimum atomic E-state index is -0.301. The van der Waals surface area contributed by atoms with E-state index in [4.69, 9.17) is 9.47 Å². The number of nitrogens with zero attached hydrogens (tertiary/aromatic N) is 3. The van der Waals surface area contributed by atoms with Crippen molar-refractivity contribution in [2.24, 2.45) is 0 Å². The summed E-state index contributed by atoms with van der Waals surface area (Å²) in [4.78, 5) is 34.1. The van der Waals surface area contributed by atoms with Crippen LogP contribution in [0.2, 0.25) is 0 Å². The Hall–Kier alpha value is -4.17. The van der Waals surface area contributed by atoms with Crippen molar-refractivity contribution in [1.82, 2.24) is 9.88 Å². The van der Waals surface area contributed by atoms with Gasteiger partial charge >= 0.3 is 0 Å². The number of ether oxygens (including phenoxy) is 2. The fourth-order valence-electron chi connectivity index (χ4n) is 4.01. The van der Waals surface area contributed by atoms with Crippen molar-refractivity contribution in [1.29, 1.82) is 0 Å². The molecule has 0 saturated carbocycles. The first-order chi connectivity index (χ1) is 18.7. The molecule has 1 heterocycles. The van der Waals surface area contributed by atoms with Gasteiger partial charge in [0.25, 0.3) is 0 Å². The van der Waals surface area contributed by atoms with Crippen molar-refractivity contribution in [3.8, 4) is 11.5 Å². The van der Waals surface area contributed by atoms with E-state index in [-0.39, 0.29) is 11.7 Å². The molecule has 0 aliphatic heterocycles. The lowest BCUT2D eigenvalue weighted by Crippen LogP contribution is -2.29. The SMILES string of the molecule is C=CC(=O)Nc1cc(Cc2cc(C(=O)c3ccc(OCCC)cc3)ccn2)c(OC)cc1N(C)CCN(C)C. The number of aromatic nitrogens is 1. The van der Waals surface area contributed by atoms with Gasteiger partial charge in [-0.3, -0.25) is 14.6 Å². The number of rotatable bonds is 14. The number of amides is 1. The molecule has 0 aliphatic carbocycles. The summed E-state index contributed by atoms with van der Waals surface area (Å²) in [5, 5.41) is 2.92. The number of carbonyl (C=O) groups is 2. The average molecular weight is 531 g/mol. The van der Waals surface area contributed by atoms with Gasteiger partial charge in [-0.1, -0.05) is 13.5 Å². The van der Waals surface area contributed by atoms with E-state index in [0.717, 1.165) is 36.5 Å². The van der Waals surface area contributed by atoms with Crippen LogP contribution in [-0.2, 0) is 11.2 Å². The summed E-state index contributed by atoms with van der Waals surface area (Å²) in [6.45, 7) is 7.86. The van der Waals surface area contributed by atoms with E-state index in [9.17, 15) is 9.59 Å². The molecule has 1 amide bonds. The Balaban J connectivity index is 1.89. The van der Waals surface area contributed by atoms with Crippen LogP contribution in [0, 0.1) is 0 Å². The van der Waals surface area contributed by atoms with E-state index in [1.807, 2.05) is 52.3 Å². The topological polar surface area (TPSA) is 84.0 Å². The number of nitrogens with one attached hydrogen (secondary N) is 1. The van der Waals surface area contributed by atoms with Gasteiger partial charge in [0, 0.05) is 61.2 Å². The van der Waals surface area contributed by atoms with Crippen LogP contribution in [0.15, 0.2) is 67.4 Å². The lowest BCUT2D eigenvalue weighted by molar-refractivity contribution is -0.111. The first-order valence-electron chi connectivity index (χ1n) is 13.0. The van der Waals surface area contributed by atoms with Gasteiger partial charge in [-0.2, -0.15) is 0 Å². The second-order valence-corrected chi connectivity index (χ2v) is 9.51. The molecular weight excluding hydrogens is 492 g/mol. The highest BCUT2D eigenvalue weighted by Crippen LogP contribution is 2.35. The molecule has 2 aromatic carbocycles. The van der Waals surface area contributed by atoms with Crippen LogP contribution in [0.1, 0.15) is 40.5 Å². The van der Waals surface area contributed by atoms with E-state index in [1.165, 1.54) is 6.08 Å². The zero-order chi connectivity index (χ0) is 28.4. The van der Waals surface area contributed by atoms with Crippen molar-refractivity contribution >= 4 is 23.1 Å². The highest BCUT2D eigenvalue weighted by molar-refractivity contribution is 6.09. The number of hydrogen-bond donors (Lipinski definition) is 1. The van der Waals surface area contributed by atoms with Gasteiger partial charge in [-0.15, -0.1) is 0 Å². The largest absolute Gasteiger partial charge is 0.496 e. The van der Waals surface area contributed by atoms with Gasteiger partial charge in [-0.05, 0) is 69.1 Å². The summed E-state index contributed by atoms with van der Waals surface area (Å²) in [6, 6.07) is 14.5. The minimum Gasteiger partial charge on any atom is -0.496 e. The highest BCUT2D eigenvalue weighted by Gasteiger charge is 2.17. The first-order valence-corrected chi connectivity index (χ1v) is 13.0. The number of likely N-dealkylation sites (N-methyl/N-ethyl adjacent to an activating group) is 2. The molecule has 1 aromatic heterocycles. The van der Waals surface area contributed by atoms with Gasteiger partial charge in [-0.25, -0.2) is 0 Å². The van der Waals surface area contributed by atoms with Gasteiger partial charge in [0.2, 0.25) is 5.91 Å². The Labute approximate surface area is 231 Å². The highest BCUT2D eigenvalue weighted by atomic mass is 16.5. The Morgan fingerprint density at radius 1 is 1.03 bits per heavy atom. The zero-order valence-corrected chi connectivity index (χ0v) is 23.5. The molecule has 0 fully saturated rings. The van der Waals surface area contributed by atoms with Crippen LogP contribution in [-0.4, -0.2) is 69.5 Å². The number of hydrogen-bond acceptors (Lipinski definition) is 7. The van der Waals surface area contributed by atoms with Crippen molar-refractivity contribution in [3.63, 3.8) is 0 Å². The van der Waals surface area contributed by atoms with E-state index >= 15 is 0 Å². The second-order valence-electron chi connectivity index (χ2n) is 9.51. The molecule has 0 unspecified atom stereocenters. The predicted molar refractivity (Wildman–Crippen MR) is 156 cm³/mol. The lowest BCUT2D eigenvalue weighted by Gasteiger charge is -2.26. The molecule has 0 atom stereocenters. The summed E-state index contributed by atoms with van der Waals surface area (Å²) in [6.07, 6.45) is 4.21. The quantitative estimate of drug-likeness (QED) is 0.236. The molecule has 0 saturated heterocycles. The molecule has 8 heteroatoms. The molecule has 3 rings (SSSR count). The van der Waals surface area contributed by atoms with Gasteiger partial charge in [0.05, 0.1) is 25.1 Å². The Kier molecular flexibility index (Phi) is 10.6. The van der Waals surface area contributed by atoms with Crippen LogP contribution in [0.3, 0.4) is 0 Å². The molecule has 0 radical (unpaired) electrons. The van der Waals surface area contributed by atoms with E-state index in [1.54, 1.807) is 37.6 Å². The standard InChI is InChI=1S/C31H38N4O4/c1-7-17-39-26-11-9-22(10-12-26)31(37)23-13-14-32-25(18-23)19-24-20-27(33-30(36)8-2)28(21-29(24)38-6)35(5)16-15-34(3)4/h8-14,18,20-21H,2,7,15-17,19H2,1,3-6H3,(H,33,36). The molecular formula is C31H38N4O4. The fourth-order valence-corrected chi connectivity index (χ4v) is 4.01. The van der Waals surface area contributed by atoms with Crippen molar-refractivity contribution in [2.45, 2.75) is 19.8 Å². The Bertz CT molecular complexity index is 1290. The maximum Gasteiger partial charge on any atom is 0.247 e. The summed E-state index contributed by atoms with van der Waals surface area (Å²) in [5.74, 6) is 1.01. The Morgan fingerprint density at radius 2 is 1.77 bits per heavy atom. The molecule has 3 aromatic rings. The smallest absolute Gasteiger partial charge is 0.247 e. The number of benzene rings is 2. The molecule has 8 nitrogen and oxygen atoms in total. The molecule has 0 bridgehead atoms. The number of carbonyl (C=O) groups excluding carboxylic acids is 2. The third-order valence-electron chi connectivity index (χ3n) is 6.18. The Morgan fingerprint density at radius 3 is 2.41 bits per heavy atom. The summed E-state index contributed by atoms with van der Waals surface area (Å²) >= 11 is 0. The third kappa shape index (κ3) is 8.15. The zero-order valence-electron chi connectivity index (χ0n) is 23.5. The maximum atomic E-state index is 13.2. The average Bonchev–Trinajstić information content (AvgIpc) is 2.94. The number of pyridine rings is 1. The van der Waals surface area contributed by atoms with Crippen LogP contribution in [0.5, 0.6) is 11.5 Å². The monoisotopic (exact) mass is 530 g/mol. The number of anilines is 2. The summed E-state index contributed by atoms with van der Waals surface area (Å²) in [7, 11) is 7.62. The molecule has 206 valence electrons. The molecule has 0 aliphatic rings. The van der Waals surface area contributed by atoms with Crippen molar-refractivity contribution in [3.05, 3.63) is 89.8 Å². The number of methoxy groups -OCH3 is 1. The van der Waals surface area contributed by atoms with Crippen LogP contribution in [0.4, 0.5) is 11.4 Å². The van der Waals surface area contributed by atoms with Crippen molar-refractivity contribution in [2.75, 3.05) is 58.2 Å². The summed E-state index contributed by atoms with van der Waals surface area (Å²) in [5.41, 5.74) is 4.13. The predicted octanol–water partition coefficient (Wildman–Crippen LogP) is 4.82. The van der Waals surface area contributed by atoms with E-state index < -0.39 is 0 Å². The molecule has 0 spiro atoms. The van der Waals surface area contributed by atoms with E-state index in [2.05, 4.69) is 26.7 Å². The number of ketones is 1. The third-order valence-corrected chi connectivity index (χ3v) is 6.18. The van der Waals surface area contributed by atoms with Gasteiger partial charge in [0.15, 0.2) is 5.78 Å². The minimum absolute atomic E-state index is 0.0931. The van der Waals surface area contributed by atoms with Crippen LogP contribution < -0.4 is 19.7 Å². The van der Waals surface area contributed by atoms with Gasteiger partial charge < -0.3 is 24.6 Å². The summed E-state index contributed by atoms with van der Waals surface area (Å²) < 4.78 is 11.4. The second kappa shape index (κ2) is 14.1.